The summed E-state index contributed by atoms with van der Waals surface area (Å²) in [5, 5.41) is 13.0. The lowest BCUT2D eigenvalue weighted by Gasteiger charge is -2.12. The molecule has 4 nitrogen and oxygen atoms in total. The first kappa shape index (κ1) is 12.6. The van der Waals surface area contributed by atoms with Crippen LogP contribution in [0.1, 0.15) is 26.0 Å². The maximum absolute atomic E-state index is 9.71. The molecule has 1 fully saturated rings. The second kappa shape index (κ2) is 5.21. The van der Waals surface area contributed by atoms with E-state index in [4.69, 9.17) is 9.15 Å². The molecule has 1 aromatic heterocycles. The molecule has 0 saturated heterocycles. The summed E-state index contributed by atoms with van der Waals surface area (Å²) in [5.74, 6) is 0.786. The van der Waals surface area contributed by atoms with Gasteiger partial charge in [0.2, 0.25) is 0 Å². The van der Waals surface area contributed by atoms with E-state index in [9.17, 15) is 5.11 Å². The van der Waals surface area contributed by atoms with E-state index in [-0.39, 0.29) is 0 Å². The van der Waals surface area contributed by atoms with E-state index < -0.39 is 6.10 Å². The molecule has 1 heterocycles. The van der Waals surface area contributed by atoms with Crippen LogP contribution in [0.5, 0.6) is 0 Å². The van der Waals surface area contributed by atoms with Gasteiger partial charge in [-0.15, -0.1) is 0 Å². The Morgan fingerprint density at radius 3 is 3.00 bits per heavy atom. The molecule has 96 valence electrons. The van der Waals surface area contributed by atoms with Crippen LogP contribution in [0.2, 0.25) is 0 Å². The molecule has 1 aliphatic rings. The van der Waals surface area contributed by atoms with Crippen LogP contribution in [0.15, 0.2) is 22.8 Å². The lowest BCUT2D eigenvalue weighted by molar-refractivity contribution is 0.0222. The maximum atomic E-state index is 9.71. The summed E-state index contributed by atoms with van der Waals surface area (Å²) in [4.78, 5) is 0. The van der Waals surface area contributed by atoms with Crippen molar-refractivity contribution in [3.05, 3.63) is 24.2 Å². The number of hydrogen-bond acceptors (Lipinski definition) is 4. The lowest BCUT2D eigenvalue weighted by atomic mass is 10.2. The van der Waals surface area contributed by atoms with Gasteiger partial charge in [0, 0.05) is 12.6 Å². The normalized spacial score (nSPS) is 23.6. The van der Waals surface area contributed by atoms with Crippen molar-refractivity contribution in [1.29, 1.82) is 0 Å². The zero-order chi connectivity index (χ0) is 12.3. The molecule has 0 aromatic carbocycles. The van der Waals surface area contributed by atoms with Gasteiger partial charge in [0.05, 0.1) is 19.0 Å². The first-order valence-corrected chi connectivity index (χ1v) is 6.09. The summed E-state index contributed by atoms with van der Waals surface area (Å²) in [6, 6.07) is 4.23. The SMILES string of the molecule is CC1(C)CC1NCC(O)COCc1ccco1. The summed E-state index contributed by atoms with van der Waals surface area (Å²) in [5.41, 5.74) is 0.398. The van der Waals surface area contributed by atoms with Crippen molar-refractivity contribution >= 4 is 0 Å². The van der Waals surface area contributed by atoms with E-state index in [0.29, 0.717) is 31.2 Å². The number of nitrogens with one attached hydrogen (secondary N) is 1. The van der Waals surface area contributed by atoms with Crippen molar-refractivity contribution in [2.45, 2.75) is 39.0 Å². The van der Waals surface area contributed by atoms with Crippen LogP contribution in [0.25, 0.3) is 0 Å². The minimum atomic E-state index is -0.457. The molecule has 2 unspecified atom stereocenters. The third-order valence-corrected chi connectivity index (χ3v) is 3.25. The largest absolute Gasteiger partial charge is 0.467 e. The van der Waals surface area contributed by atoms with Crippen molar-refractivity contribution in [2.24, 2.45) is 5.41 Å². The highest BCUT2D eigenvalue weighted by Gasteiger charge is 2.45. The van der Waals surface area contributed by atoms with Gasteiger partial charge in [-0.1, -0.05) is 13.8 Å². The summed E-state index contributed by atoms with van der Waals surface area (Å²) in [6.45, 7) is 5.79. The highest BCUT2D eigenvalue weighted by Crippen LogP contribution is 2.44. The highest BCUT2D eigenvalue weighted by molar-refractivity contribution is 5.01. The third-order valence-electron chi connectivity index (χ3n) is 3.25. The van der Waals surface area contributed by atoms with E-state index in [1.807, 2.05) is 12.1 Å². The number of hydrogen-bond donors (Lipinski definition) is 2. The van der Waals surface area contributed by atoms with Crippen LogP contribution in [-0.2, 0) is 11.3 Å². The molecule has 0 spiro atoms. The van der Waals surface area contributed by atoms with E-state index in [2.05, 4.69) is 19.2 Å². The predicted molar refractivity (Wildman–Crippen MR) is 64.6 cm³/mol. The molecule has 0 aliphatic heterocycles. The highest BCUT2D eigenvalue weighted by atomic mass is 16.5. The topological polar surface area (TPSA) is 54.6 Å². The summed E-state index contributed by atoms with van der Waals surface area (Å²) >= 11 is 0. The van der Waals surface area contributed by atoms with E-state index in [1.165, 1.54) is 6.42 Å². The fourth-order valence-corrected chi connectivity index (χ4v) is 1.84. The smallest absolute Gasteiger partial charge is 0.129 e. The van der Waals surface area contributed by atoms with Crippen LogP contribution < -0.4 is 5.32 Å². The second-order valence-electron chi connectivity index (χ2n) is 5.40. The number of aliphatic hydroxyl groups excluding tert-OH is 1. The lowest BCUT2D eigenvalue weighted by Crippen LogP contribution is -2.33. The molecule has 17 heavy (non-hydrogen) atoms. The van der Waals surface area contributed by atoms with Gasteiger partial charge >= 0.3 is 0 Å². The Labute approximate surface area is 102 Å². The molecular weight excluding hydrogens is 218 g/mol. The van der Waals surface area contributed by atoms with Gasteiger partial charge in [-0.2, -0.15) is 0 Å². The monoisotopic (exact) mass is 239 g/mol. The first-order chi connectivity index (χ1) is 8.08. The zero-order valence-corrected chi connectivity index (χ0v) is 10.5. The van der Waals surface area contributed by atoms with Crippen LogP contribution in [-0.4, -0.2) is 30.4 Å². The van der Waals surface area contributed by atoms with Crippen molar-refractivity contribution < 1.29 is 14.3 Å². The van der Waals surface area contributed by atoms with Gasteiger partial charge in [0.25, 0.3) is 0 Å². The number of furan rings is 1. The van der Waals surface area contributed by atoms with Gasteiger partial charge in [0.1, 0.15) is 12.4 Å². The van der Waals surface area contributed by atoms with Crippen molar-refractivity contribution in [1.82, 2.24) is 5.32 Å². The minimum Gasteiger partial charge on any atom is -0.467 e. The number of aliphatic hydroxyl groups is 1. The van der Waals surface area contributed by atoms with Crippen LogP contribution in [0.3, 0.4) is 0 Å². The Morgan fingerprint density at radius 2 is 2.41 bits per heavy atom. The third kappa shape index (κ3) is 3.84. The average Bonchev–Trinajstić information content (AvgIpc) is 2.67. The Bertz CT molecular complexity index is 334. The molecule has 1 saturated carbocycles. The van der Waals surface area contributed by atoms with Gasteiger partial charge in [-0.05, 0) is 24.0 Å². The average molecular weight is 239 g/mol. The van der Waals surface area contributed by atoms with Crippen molar-refractivity contribution in [3.8, 4) is 0 Å². The Balaban J connectivity index is 1.54. The maximum Gasteiger partial charge on any atom is 0.129 e. The molecule has 2 atom stereocenters. The van der Waals surface area contributed by atoms with Gasteiger partial charge in [-0.25, -0.2) is 0 Å². The standard InChI is InChI=1S/C13H21NO3/c1-13(2)6-12(13)14-7-10(15)8-16-9-11-4-3-5-17-11/h3-5,10,12,14-15H,6-9H2,1-2H3. The molecule has 0 radical (unpaired) electrons. The Hall–Kier alpha value is -0.840. The summed E-state index contributed by atoms with van der Waals surface area (Å²) in [6.07, 6.45) is 2.35. The minimum absolute atomic E-state index is 0.334. The van der Waals surface area contributed by atoms with E-state index in [1.54, 1.807) is 6.26 Å². The van der Waals surface area contributed by atoms with Crippen molar-refractivity contribution in [2.75, 3.05) is 13.2 Å². The first-order valence-electron chi connectivity index (χ1n) is 6.09. The summed E-state index contributed by atoms with van der Waals surface area (Å²) in [7, 11) is 0. The number of ether oxygens (including phenoxy) is 1. The zero-order valence-electron chi connectivity index (χ0n) is 10.5. The van der Waals surface area contributed by atoms with Crippen molar-refractivity contribution in [3.63, 3.8) is 0 Å². The van der Waals surface area contributed by atoms with Crippen LogP contribution in [0.4, 0.5) is 0 Å². The fourth-order valence-electron chi connectivity index (χ4n) is 1.84. The molecule has 1 aromatic rings. The van der Waals surface area contributed by atoms with Gasteiger partial charge < -0.3 is 19.6 Å². The quantitative estimate of drug-likeness (QED) is 0.758. The Morgan fingerprint density at radius 1 is 1.65 bits per heavy atom. The predicted octanol–water partition coefficient (Wildman–Crippen LogP) is 1.55. The van der Waals surface area contributed by atoms with Crippen LogP contribution >= 0.6 is 0 Å². The molecular formula is C13H21NO3. The van der Waals surface area contributed by atoms with E-state index in [0.717, 1.165) is 5.76 Å². The molecule has 0 amide bonds. The second-order valence-corrected chi connectivity index (χ2v) is 5.40. The van der Waals surface area contributed by atoms with Gasteiger partial charge in [0.15, 0.2) is 0 Å². The molecule has 4 heteroatoms. The number of rotatable bonds is 7. The molecule has 2 rings (SSSR count). The molecule has 2 N–H and O–H groups in total. The van der Waals surface area contributed by atoms with E-state index >= 15 is 0 Å². The fraction of sp³-hybridized carbons (Fsp3) is 0.692. The molecule has 1 aliphatic carbocycles. The molecule has 0 bridgehead atoms. The summed E-state index contributed by atoms with van der Waals surface area (Å²) < 4.78 is 10.5. The van der Waals surface area contributed by atoms with Gasteiger partial charge in [-0.3, -0.25) is 0 Å². The van der Waals surface area contributed by atoms with Crippen LogP contribution in [0, 0.1) is 5.41 Å². The Kier molecular flexibility index (Phi) is 3.86.